The monoisotopic (exact) mass is 380 g/mol. The van der Waals surface area contributed by atoms with Crippen LogP contribution in [0.25, 0.3) is 10.1 Å². The number of likely N-dealkylation sites (tertiary alicyclic amines) is 1. The van der Waals surface area contributed by atoms with E-state index in [-0.39, 0.29) is 5.91 Å². The molecule has 6 heteroatoms. The molecule has 0 unspecified atom stereocenters. The Morgan fingerprint density at radius 3 is 3.04 bits per heavy atom. The minimum atomic E-state index is -0.0702. The fourth-order valence-corrected chi connectivity index (χ4v) is 4.97. The van der Waals surface area contributed by atoms with E-state index in [9.17, 15) is 4.79 Å². The number of rotatable bonds is 6. The van der Waals surface area contributed by atoms with Crippen molar-refractivity contribution in [1.82, 2.24) is 10.2 Å². The van der Waals surface area contributed by atoms with Gasteiger partial charge in [0.15, 0.2) is 0 Å². The highest BCUT2D eigenvalue weighted by Gasteiger charge is 2.22. The Balaban J connectivity index is 1.66. The maximum Gasteiger partial charge on any atom is 0.265 e. The third kappa shape index (κ3) is 4.10. The molecule has 1 aliphatic rings. The van der Waals surface area contributed by atoms with Gasteiger partial charge in [0, 0.05) is 34.2 Å². The number of methoxy groups -OCH3 is 1. The molecule has 3 rings (SSSR count). The van der Waals surface area contributed by atoms with Crippen molar-refractivity contribution in [3.05, 3.63) is 28.1 Å². The standard InChI is InChI=1S/C19H25ClN2O2S/c1-3-14-6-4-5-10-22(14)11-9-21-19(23)18-17(24-2)15-8-7-13(20)12-16(15)25-18/h7-8,12,14H,3-6,9-11H2,1-2H3,(H,21,23)/t14-/m1/s1. The molecule has 0 radical (unpaired) electrons. The third-order valence-corrected chi connectivity index (χ3v) is 6.29. The Labute approximate surface area is 158 Å². The van der Waals surface area contributed by atoms with Crippen LogP contribution in [-0.4, -0.2) is 43.6 Å². The van der Waals surface area contributed by atoms with Crippen LogP contribution >= 0.6 is 22.9 Å². The third-order valence-electron chi connectivity index (χ3n) is 4.92. The molecule has 1 aromatic heterocycles. The molecule has 1 amide bonds. The number of piperidine rings is 1. The summed E-state index contributed by atoms with van der Waals surface area (Å²) in [5.41, 5.74) is 0. The summed E-state index contributed by atoms with van der Waals surface area (Å²) < 4.78 is 6.46. The summed E-state index contributed by atoms with van der Waals surface area (Å²) in [5.74, 6) is 0.567. The molecule has 1 N–H and O–H groups in total. The van der Waals surface area contributed by atoms with Gasteiger partial charge in [-0.2, -0.15) is 0 Å². The number of thiophene rings is 1. The zero-order valence-corrected chi connectivity index (χ0v) is 16.4. The van der Waals surface area contributed by atoms with Crippen molar-refractivity contribution in [2.24, 2.45) is 0 Å². The van der Waals surface area contributed by atoms with Crippen LogP contribution in [0.4, 0.5) is 0 Å². The summed E-state index contributed by atoms with van der Waals surface area (Å²) in [5, 5.41) is 4.66. The van der Waals surface area contributed by atoms with E-state index in [1.165, 1.54) is 37.0 Å². The molecule has 136 valence electrons. The molecular formula is C19H25ClN2O2S. The van der Waals surface area contributed by atoms with Gasteiger partial charge in [-0.15, -0.1) is 11.3 Å². The van der Waals surface area contributed by atoms with Crippen LogP contribution in [0, 0.1) is 0 Å². The largest absolute Gasteiger partial charge is 0.494 e. The van der Waals surface area contributed by atoms with Gasteiger partial charge in [0.1, 0.15) is 10.6 Å². The van der Waals surface area contributed by atoms with Gasteiger partial charge in [0.2, 0.25) is 0 Å². The summed E-state index contributed by atoms with van der Waals surface area (Å²) in [7, 11) is 1.60. The second-order valence-electron chi connectivity index (χ2n) is 6.45. The van der Waals surface area contributed by atoms with E-state index in [0.29, 0.717) is 28.2 Å². The summed E-state index contributed by atoms with van der Waals surface area (Å²) in [6.45, 7) is 4.95. The highest BCUT2D eigenvalue weighted by Crippen LogP contribution is 2.38. The molecule has 0 bridgehead atoms. The Morgan fingerprint density at radius 1 is 1.44 bits per heavy atom. The number of hydrogen-bond acceptors (Lipinski definition) is 4. The predicted octanol–water partition coefficient (Wildman–Crippen LogP) is 4.56. The fraction of sp³-hybridized carbons (Fsp3) is 0.526. The average molecular weight is 381 g/mol. The summed E-state index contributed by atoms with van der Waals surface area (Å²) in [6, 6.07) is 6.26. The first-order valence-corrected chi connectivity index (χ1v) is 10.1. The first-order valence-electron chi connectivity index (χ1n) is 8.92. The van der Waals surface area contributed by atoms with Gasteiger partial charge in [-0.05, 0) is 44.0 Å². The van der Waals surface area contributed by atoms with Crippen molar-refractivity contribution in [3.63, 3.8) is 0 Å². The van der Waals surface area contributed by atoms with Crippen LogP contribution < -0.4 is 10.1 Å². The number of benzene rings is 1. The Hall–Kier alpha value is -1.30. The molecule has 2 aromatic rings. The Kier molecular flexibility index (Phi) is 6.20. The molecule has 4 nitrogen and oxygen atoms in total. The minimum absolute atomic E-state index is 0.0702. The molecule has 25 heavy (non-hydrogen) atoms. The zero-order valence-electron chi connectivity index (χ0n) is 14.8. The molecule has 0 spiro atoms. The first kappa shape index (κ1) is 18.5. The molecule has 1 aromatic carbocycles. The highest BCUT2D eigenvalue weighted by molar-refractivity contribution is 7.21. The number of carbonyl (C=O) groups excluding carboxylic acids is 1. The zero-order chi connectivity index (χ0) is 17.8. The van der Waals surface area contributed by atoms with Gasteiger partial charge < -0.3 is 10.1 Å². The van der Waals surface area contributed by atoms with E-state index >= 15 is 0 Å². The van der Waals surface area contributed by atoms with Crippen LogP contribution in [0.1, 0.15) is 42.3 Å². The Bertz CT molecular complexity index is 746. The lowest BCUT2D eigenvalue weighted by Gasteiger charge is -2.35. The van der Waals surface area contributed by atoms with Gasteiger partial charge in [-0.25, -0.2) is 0 Å². The summed E-state index contributed by atoms with van der Waals surface area (Å²) in [4.78, 5) is 15.8. The molecule has 0 saturated carbocycles. The number of halogens is 1. The Morgan fingerprint density at radius 2 is 2.28 bits per heavy atom. The number of hydrogen-bond donors (Lipinski definition) is 1. The second kappa shape index (κ2) is 8.39. The number of fused-ring (bicyclic) bond motifs is 1. The second-order valence-corrected chi connectivity index (χ2v) is 7.94. The topological polar surface area (TPSA) is 41.6 Å². The van der Waals surface area contributed by atoms with E-state index in [2.05, 4.69) is 17.1 Å². The normalized spacial score (nSPS) is 18.4. The smallest absolute Gasteiger partial charge is 0.265 e. The van der Waals surface area contributed by atoms with Crippen LogP contribution in [0.15, 0.2) is 18.2 Å². The van der Waals surface area contributed by atoms with Gasteiger partial charge in [-0.1, -0.05) is 24.9 Å². The number of carbonyl (C=O) groups is 1. The van der Waals surface area contributed by atoms with E-state index < -0.39 is 0 Å². The summed E-state index contributed by atoms with van der Waals surface area (Å²) >= 11 is 7.49. The van der Waals surface area contributed by atoms with E-state index in [1.54, 1.807) is 7.11 Å². The number of nitrogens with one attached hydrogen (secondary N) is 1. The van der Waals surface area contributed by atoms with Gasteiger partial charge in [0.25, 0.3) is 5.91 Å². The molecule has 0 aliphatic carbocycles. The quantitative estimate of drug-likeness (QED) is 0.798. The van der Waals surface area contributed by atoms with Crippen LogP contribution in [-0.2, 0) is 0 Å². The number of ether oxygens (including phenoxy) is 1. The van der Waals surface area contributed by atoms with Crippen LogP contribution in [0.2, 0.25) is 5.02 Å². The van der Waals surface area contributed by atoms with Gasteiger partial charge in [-0.3, -0.25) is 9.69 Å². The summed E-state index contributed by atoms with van der Waals surface area (Å²) in [6.07, 6.45) is 5.03. The van der Waals surface area contributed by atoms with Crippen molar-refractivity contribution in [2.75, 3.05) is 26.7 Å². The van der Waals surface area contributed by atoms with E-state index in [4.69, 9.17) is 16.3 Å². The van der Waals surface area contributed by atoms with Crippen molar-refractivity contribution >= 4 is 38.9 Å². The van der Waals surface area contributed by atoms with Crippen LogP contribution in [0.5, 0.6) is 5.75 Å². The maximum absolute atomic E-state index is 12.6. The highest BCUT2D eigenvalue weighted by atomic mass is 35.5. The van der Waals surface area contributed by atoms with E-state index in [0.717, 1.165) is 23.2 Å². The lowest BCUT2D eigenvalue weighted by Crippen LogP contribution is -2.43. The van der Waals surface area contributed by atoms with Crippen molar-refractivity contribution < 1.29 is 9.53 Å². The van der Waals surface area contributed by atoms with Crippen molar-refractivity contribution in [1.29, 1.82) is 0 Å². The molecule has 1 fully saturated rings. The first-order chi connectivity index (χ1) is 12.1. The lowest BCUT2D eigenvalue weighted by molar-refractivity contribution is 0.0935. The number of amides is 1. The van der Waals surface area contributed by atoms with Crippen LogP contribution in [0.3, 0.4) is 0 Å². The molecule has 1 atom stereocenters. The predicted molar refractivity (Wildman–Crippen MR) is 105 cm³/mol. The van der Waals surface area contributed by atoms with Gasteiger partial charge in [0.05, 0.1) is 7.11 Å². The molecule has 2 heterocycles. The average Bonchev–Trinajstić information content (AvgIpc) is 2.99. The van der Waals surface area contributed by atoms with Crippen molar-refractivity contribution in [2.45, 2.75) is 38.6 Å². The molecular weight excluding hydrogens is 356 g/mol. The SMILES string of the molecule is CC[C@@H]1CCCCN1CCNC(=O)c1sc2cc(Cl)ccc2c1OC. The lowest BCUT2D eigenvalue weighted by atomic mass is 10.0. The van der Waals surface area contributed by atoms with Gasteiger partial charge >= 0.3 is 0 Å². The number of nitrogens with zero attached hydrogens (tertiary/aromatic N) is 1. The van der Waals surface area contributed by atoms with Crippen molar-refractivity contribution in [3.8, 4) is 5.75 Å². The maximum atomic E-state index is 12.6. The minimum Gasteiger partial charge on any atom is -0.494 e. The molecule has 1 saturated heterocycles. The fourth-order valence-electron chi connectivity index (χ4n) is 3.61. The molecule has 1 aliphatic heterocycles. The van der Waals surface area contributed by atoms with E-state index in [1.807, 2.05) is 18.2 Å².